The maximum absolute atomic E-state index is 12.8. The normalized spacial score (nSPS) is 28.1. The number of benzene rings is 1. The number of likely N-dealkylation sites (tertiary alicyclic amines) is 2. The number of carbonyl (C=O) groups is 1. The van der Waals surface area contributed by atoms with Crippen molar-refractivity contribution in [3.63, 3.8) is 0 Å². The Morgan fingerprint density at radius 2 is 1.96 bits per heavy atom. The lowest BCUT2D eigenvalue weighted by molar-refractivity contribution is -0.134. The summed E-state index contributed by atoms with van der Waals surface area (Å²) in [6.07, 6.45) is 8.53. The second kappa shape index (κ2) is 7.11. The van der Waals surface area contributed by atoms with Gasteiger partial charge in [-0.25, -0.2) is 0 Å². The molecule has 1 aromatic rings. The van der Waals surface area contributed by atoms with Crippen LogP contribution in [0.1, 0.15) is 56.1 Å². The first-order valence-corrected chi connectivity index (χ1v) is 10.2. The minimum atomic E-state index is 0.335. The molecule has 4 rings (SSSR count). The standard InChI is InChI=1S/C22H32N2O/c1-18-6-4-7-19(14-18)15-23-12-5-10-22(16-23)11-13-24(17-22)21(25)20-8-2-3-9-20/h4,6-7,14,20H,2-3,5,8-13,15-17H2,1H3/t22-/m0/s1. The second-order valence-corrected chi connectivity index (χ2v) is 8.79. The van der Waals surface area contributed by atoms with E-state index < -0.39 is 0 Å². The van der Waals surface area contributed by atoms with E-state index in [2.05, 4.69) is 41.0 Å². The zero-order chi connectivity index (χ0) is 17.3. The Morgan fingerprint density at radius 3 is 2.76 bits per heavy atom. The predicted molar refractivity (Wildman–Crippen MR) is 101 cm³/mol. The van der Waals surface area contributed by atoms with Crippen molar-refractivity contribution in [2.75, 3.05) is 26.2 Å². The van der Waals surface area contributed by atoms with Gasteiger partial charge in [-0.05, 0) is 51.1 Å². The molecule has 1 aromatic carbocycles. The first kappa shape index (κ1) is 17.1. The number of amides is 1. The highest BCUT2D eigenvalue weighted by Gasteiger charge is 2.43. The molecule has 3 aliphatic rings. The van der Waals surface area contributed by atoms with Crippen LogP contribution in [0, 0.1) is 18.3 Å². The highest BCUT2D eigenvalue weighted by Crippen LogP contribution is 2.40. The van der Waals surface area contributed by atoms with E-state index in [1.807, 2.05) is 0 Å². The van der Waals surface area contributed by atoms with E-state index in [0.29, 0.717) is 17.2 Å². The van der Waals surface area contributed by atoms with Crippen molar-refractivity contribution in [2.24, 2.45) is 11.3 Å². The minimum absolute atomic E-state index is 0.335. The van der Waals surface area contributed by atoms with Gasteiger partial charge < -0.3 is 4.90 Å². The Labute approximate surface area is 152 Å². The first-order chi connectivity index (χ1) is 12.1. The number of hydrogen-bond acceptors (Lipinski definition) is 2. The van der Waals surface area contributed by atoms with E-state index >= 15 is 0 Å². The monoisotopic (exact) mass is 340 g/mol. The van der Waals surface area contributed by atoms with Crippen molar-refractivity contribution in [1.29, 1.82) is 0 Å². The summed E-state index contributed by atoms with van der Waals surface area (Å²) in [7, 11) is 0. The zero-order valence-corrected chi connectivity index (χ0v) is 15.7. The molecule has 2 aliphatic heterocycles. The van der Waals surface area contributed by atoms with E-state index in [1.54, 1.807) is 0 Å². The molecule has 0 aromatic heterocycles. The quantitative estimate of drug-likeness (QED) is 0.830. The summed E-state index contributed by atoms with van der Waals surface area (Å²) >= 11 is 0. The maximum atomic E-state index is 12.8. The molecule has 0 N–H and O–H groups in total. The van der Waals surface area contributed by atoms with Crippen molar-refractivity contribution < 1.29 is 4.79 Å². The van der Waals surface area contributed by atoms with Crippen molar-refractivity contribution in [3.05, 3.63) is 35.4 Å². The average molecular weight is 341 g/mol. The Hall–Kier alpha value is -1.35. The fourth-order valence-electron chi connectivity index (χ4n) is 5.40. The van der Waals surface area contributed by atoms with Gasteiger partial charge in [-0.15, -0.1) is 0 Å². The van der Waals surface area contributed by atoms with Crippen molar-refractivity contribution >= 4 is 5.91 Å². The number of carbonyl (C=O) groups excluding carboxylic acids is 1. The first-order valence-electron chi connectivity index (χ1n) is 10.2. The number of rotatable bonds is 3. The van der Waals surface area contributed by atoms with Crippen LogP contribution in [-0.4, -0.2) is 41.9 Å². The van der Waals surface area contributed by atoms with E-state index in [0.717, 1.165) is 39.0 Å². The summed E-state index contributed by atoms with van der Waals surface area (Å²) in [6.45, 7) is 7.59. The molecule has 2 saturated heterocycles. The Kier molecular flexibility index (Phi) is 4.86. The van der Waals surface area contributed by atoms with Crippen molar-refractivity contribution in [3.8, 4) is 0 Å². The molecule has 0 radical (unpaired) electrons. The molecule has 25 heavy (non-hydrogen) atoms. The SMILES string of the molecule is Cc1cccc(CN2CCC[C@]3(CCN(C(=O)C4CCCC4)C3)C2)c1. The molecule has 3 nitrogen and oxygen atoms in total. The maximum Gasteiger partial charge on any atom is 0.225 e. The van der Waals surface area contributed by atoms with Gasteiger partial charge in [0, 0.05) is 37.5 Å². The second-order valence-electron chi connectivity index (χ2n) is 8.79. The van der Waals surface area contributed by atoms with Crippen LogP contribution in [0.25, 0.3) is 0 Å². The van der Waals surface area contributed by atoms with Gasteiger partial charge in [-0.3, -0.25) is 9.69 Å². The third kappa shape index (κ3) is 3.76. The molecule has 0 bridgehead atoms. The van der Waals surface area contributed by atoms with Gasteiger partial charge in [0.15, 0.2) is 0 Å². The van der Waals surface area contributed by atoms with Gasteiger partial charge in [0.1, 0.15) is 0 Å². The van der Waals surface area contributed by atoms with Gasteiger partial charge in [-0.2, -0.15) is 0 Å². The van der Waals surface area contributed by atoms with E-state index in [-0.39, 0.29) is 0 Å². The lowest BCUT2D eigenvalue weighted by Crippen LogP contribution is -2.45. The van der Waals surface area contributed by atoms with Crippen LogP contribution in [0.2, 0.25) is 0 Å². The van der Waals surface area contributed by atoms with Gasteiger partial charge >= 0.3 is 0 Å². The zero-order valence-electron chi connectivity index (χ0n) is 15.7. The third-order valence-corrected chi connectivity index (χ3v) is 6.68. The molecule has 3 heteroatoms. The molecule has 136 valence electrons. The molecular weight excluding hydrogens is 308 g/mol. The predicted octanol–water partition coefficient (Wildman–Crippen LogP) is 4.00. The van der Waals surface area contributed by atoms with Crippen molar-refractivity contribution in [2.45, 2.75) is 58.4 Å². The Balaban J connectivity index is 1.38. The van der Waals surface area contributed by atoms with Crippen LogP contribution >= 0.6 is 0 Å². The highest BCUT2D eigenvalue weighted by molar-refractivity contribution is 5.79. The minimum Gasteiger partial charge on any atom is -0.342 e. The molecule has 1 saturated carbocycles. The largest absolute Gasteiger partial charge is 0.342 e. The van der Waals surface area contributed by atoms with Crippen molar-refractivity contribution in [1.82, 2.24) is 9.80 Å². The van der Waals surface area contributed by atoms with Crippen LogP contribution in [-0.2, 0) is 11.3 Å². The third-order valence-electron chi connectivity index (χ3n) is 6.68. The number of piperidine rings is 1. The Morgan fingerprint density at radius 1 is 1.12 bits per heavy atom. The molecule has 1 amide bonds. The topological polar surface area (TPSA) is 23.6 Å². The molecule has 1 spiro atoms. The number of nitrogens with zero attached hydrogens (tertiary/aromatic N) is 2. The van der Waals surface area contributed by atoms with E-state index in [9.17, 15) is 4.79 Å². The molecule has 3 fully saturated rings. The summed E-state index contributed by atoms with van der Waals surface area (Å²) < 4.78 is 0. The van der Waals surface area contributed by atoms with E-state index in [4.69, 9.17) is 0 Å². The van der Waals surface area contributed by atoms with Gasteiger partial charge in [0.2, 0.25) is 5.91 Å². The van der Waals surface area contributed by atoms with Crippen LogP contribution < -0.4 is 0 Å². The number of aryl methyl sites for hydroxylation is 1. The lowest BCUT2D eigenvalue weighted by atomic mass is 9.79. The fourth-order valence-corrected chi connectivity index (χ4v) is 5.40. The molecule has 1 aliphatic carbocycles. The molecule has 1 atom stereocenters. The summed E-state index contributed by atoms with van der Waals surface area (Å²) in [6, 6.07) is 8.90. The van der Waals surface area contributed by atoms with Crippen LogP contribution in [0.3, 0.4) is 0 Å². The van der Waals surface area contributed by atoms with Gasteiger partial charge in [-0.1, -0.05) is 42.7 Å². The van der Waals surface area contributed by atoms with Crippen LogP contribution in [0.15, 0.2) is 24.3 Å². The summed E-state index contributed by atoms with van der Waals surface area (Å²) in [5, 5.41) is 0. The smallest absolute Gasteiger partial charge is 0.225 e. The van der Waals surface area contributed by atoms with Gasteiger partial charge in [0.25, 0.3) is 0 Å². The van der Waals surface area contributed by atoms with Crippen LogP contribution in [0.4, 0.5) is 0 Å². The Bertz CT molecular complexity index is 622. The molecular formula is C22H32N2O. The fraction of sp³-hybridized carbons (Fsp3) is 0.682. The molecule has 2 heterocycles. The van der Waals surface area contributed by atoms with E-state index in [1.165, 1.54) is 49.8 Å². The van der Waals surface area contributed by atoms with Crippen LogP contribution in [0.5, 0.6) is 0 Å². The number of hydrogen-bond donors (Lipinski definition) is 0. The average Bonchev–Trinajstić information content (AvgIpc) is 3.25. The van der Waals surface area contributed by atoms with Gasteiger partial charge in [0.05, 0.1) is 0 Å². The summed E-state index contributed by atoms with van der Waals surface area (Å²) in [5.41, 5.74) is 3.13. The highest BCUT2D eigenvalue weighted by atomic mass is 16.2. The molecule has 0 unspecified atom stereocenters. The summed E-state index contributed by atoms with van der Waals surface area (Å²) in [4.78, 5) is 17.6. The lowest BCUT2D eigenvalue weighted by Gasteiger charge is -2.40. The summed E-state index contributed by atoms with van der Waals surface area (Å²) in [5.74, 6) is 0.798.